The molecule has 0 aromatic carbocycles. The molecule has 48 valence electrons. The first-order valence-electron chi connectivity index (χ1n) is 2.28. The number of ether oxygens (including phenoxy) is 1. The molecule has 0 saturated carbocycles. The first-order valence-corrected chi connectivity index (χ1v) is 4.08. The molecular formula is C3H8NO3P. The predicted octanol–water partition coefficient (Wildman–Crippen LogP) is -0.125. The van der Waals surface area contributed by atoms with Gasteiger partial charge in [-0.25, -0.2) is 0 Å². The molecule has 1 unspecified atom stereocenters. The first-order chi connectivity index (χ1) is 3.52. The third kappa shape index (κ3) is 1.09. The van der Waals surface area contributed by atoms with Crippen LogP contribution in [0.25, 0.3) is 0 Å². The van der Waals surface area contributed by atoms with E-state index in [1.165, 1.54) is 0 Å². The van der Waals surface area contributed by atoms with Gasteiger partial charge < -0.3 is 9.63 Å². The highest BCUT2D eigenvalue weighted by Crippen LogP contribution is 2.49. The molecule has 1 rings (SSSR count). The fourth-order valence-electron chi connectivity index (χ4n) is 0.563. The molecule has 0 amide bonds. The van der Waals surface area contributed by atoms with Crippen LogP contribution in [0.4, 0.5) is 0 Å². The summed E-state index contributed by atoms with van der Waals surface area (Å²) in [6, 6.07) is 0. The van der Waals surface area contributed by atoms with Crippen molar-refractivity contribution in [3.05, 3.63) is 0 Å². The molecule has 1 aliphatic rings. The second-order valence-electron chi connectivity index (χ2n) is 1.90. The summed E-state index contributed by atoms with van der Waals surface area (Å²) < 4.78 is 15.0. The second kappa shape index (κ2) is 1.54. The quantitative estimate of drug-likeness (QED) is 0.390. The second-order valence-corrected chi connectivity index (χ2v) is 3.76. The summed E-state index contributed by atoms with van der Waals surface area (Å²) in [5.41, 5.74) is 4.82. The minimum atomic E-state index is -3.40. The largest absolute Gasteiger partial charge is 0.358 e. The van der Waals surface area contributed by atoms with Crippen molar-refractivity contribution < 1.29 is 14.2 Å². The molecule has 8 heavy (non-hydrogen) atoms. The van der Waals surface area contributed by atoms with Gasteiger partial charge in [0.2, 0.25) is 0 Å². The Labute approximate surface area is 47.1 Å². The van der Waals surface area contributed by atoms with Crippen molar-refractivity contribution in [2.45, 2.75) is 18.9 Å². The van der Waals surface area contributed by atoms with Crippen LogP contribution in [0.3, 0.4) is 0 Å². The van der Waals surface area contributed by atoms with Crippen LogP contribution >= 0.6 is 7.52 Å². The number of rotatable bonds is 1. The number of hydrogen-bond donors (Lipinski definition) is 2. The molecule has 5 heteroatoms. The Morgan fingerprint density at radius 1 is 1.88 bits per heavy atom. The molecule has 0 bridgehead atoms. The van der Waals surface area contributed by atoms with Gasteiger partial charge in [0.05, 0.1) is 6.10 Å². The van der Waals surface area contributed by atoms with E-state index in [2.05, 4.69) is 4.74 Å². The van der Waals surface area contributed by atoms with Crippen molar-refractivity contribution in [1.29, 1.82) is 0 Å². The molecule has 0 aromatic rings. The maximum absolute atomic E-state index is 10.4. The molecule has 0 radical (unpaired) electrons. The van der Waals surface area contributed by atoms with E-state index in [1.54, 1.807) is 6.92 Å². The maximum Gasteiger partial charge on any atom is 0.295 e. The molecule has 3 atom stereocenters. The normalized spacial score (nSPS) is 43.4. The van der Waals surface area contributed by atoms with E-state index < -0.39 is 13.4 Å². The van der Waals surface area contributed by atoms with Gasteiger partial charge in [0, 0.05) is 0 Å². The van der Waals surface area contributed by atoms with Gasteiger partial charge in [-0.2, -0.15) is 0 Å². The smallest absolute Gasteiger partial charge is 0.295 e. The summed E-state index contributed by atoms with van der Waals surface area (Å²) in [4.78, 5) is 8.54. The Morgan fingerprint density at radius 2 is 2.25 bits per heavy atom. The van der Waals surface area contributed by atoms with Crippen molar-refractivity contribution >= 4 is 7.52 Å². The van der Waals surface area contributed by atoms with E-state index in [0.29, 0.717) is 0 Å². The number of hydrogen-bond acceptors (Lipinski definition) is 2. The highest BCUT2D eigenvalue weighted by atomic mass is 31.2. The van der Waals surface area contributed by atoms with Crippen molar-refractivity contribution in [1.82, 2.24) is 0 Å². The first kappa shape index (κ1) is 6.23. The summed E-state index contributed by atoms with van der Waals surface area (Å²) in [5, 5.41) is 0. The summed E-state index contributed by atoms with van der Waals surface area (Å²) in [5.74, 6) is -0.595. The highest BCUT2D eigenvalue weighted by molar-refractivity contribution is 7.56. The molecule has 1 heterocycles. The lowest BCUT2D eigenvalue weighted by molar-refractivity contribution is 0.387. The molecule has 0 aliphatic carbocycles. The third-order valence-electron chi connectivity index (χ3n) is 1.04. The molecule has 1 aliphatic heterocycles. The molecule has 0 spiro atoms. The van der Waals surface area contributed by atoms with Crippen LogP contribution in [0, 0.1) is 0 Å². The van der Waals surface area contributed by atoms with Crippen LogP contribution in [0.15, 0.2) is 0 Å². The standard InChI is InChI=1S/C3H8NO3P/c1-2-3(7-2)8(4,5)6/h2-3H,1H3,(H3,4,5,6)/t2-,3+/m1/s1. The topological polar surface area (TPSA) is 75.8 Å². The van der Waals surface area contributed by atoms with E-state index >= 15 is 0 Å². The van der Waals surface area contributed by atoms with E-state index in [9.17, 15) is 4.57 Å². The SMILES string of the molecule is C[C@H]1O[C@H]1P(N)(=O)O. The Bertz CT molecular complexity index is 141. The fraction of sp³-hybridized carbons (Fsp3) is 1.00. The predicted molar refractivity (Wildman–Crippen MR) is 28.3 cm³/mol. The van der Waals surface area contributed by atoms with E-state index in [4.69, 9.17) is 10.4 Å². The van der Waals surface area contributed by atoms with Crippen LogP contribution in [-0.2, 0) is 9.30 Å². The van der Waals surface area contributed by atoms with E-state index in [0.717, 1.165) is 0 Å². The Balaban J connectivity index is 2.52. The maximum atomic E-state index is 10.4. The summed E-state index contributed by atoms with van der Waals surface area (Å²) in [6.07, 6.45) is -0.129. The molecule has 3 N–H and O–H groups in total. The van der Waals surface area contributed by atoms with Gasteiger partial charge in [-0.05, 0) is 6.92 Å². The van der Waals surface area contributed by atoms with Gasteiger partial charge in [0.15, 0.2) is 5.85 Å². The van der Waals surface area contributed by atoms with Crippen molar-refractivity contribution in [2.24, 2.45) is 5.50 Å². The Hall–Kier alpha value is 0.110. The number of epoxide rings is 1. The van der Waals surface area contributed by atoms with Crippen LogP contribution in [-0.4, -0.2) is 16.8 Å². The summed E-state index contributed by atoms with van der Waals surface area (Å²) in [6.45, 7) is 1.71. The minimum Gasteiger partial charge on any atom is -0.358 e. The summed E-state index contributed by atoms with van der Waals surface area (Å²) in [7, 11) is -3.40. The van der Waals surface area contributed by atoms with Crippen LogP contribution in [0.2, 0.25) is 0 Å². The zero-order valence-corrected chi connectivity index (χ0v) is 5.34. The lowest BCUT2D eigenvalue weighted by Crippen LogP contribution is -2.00. The molecule has 4 nitrogen and oxygen atoms in total. The lowest BCUT2D eigenvalue weighted by atomic mass is 10.6. The zero-order chi connectivity index (χ0) is 6.36. The van der Waals surface area contributed by atoms with Gasteiger partial charge in [-0.3, -0.25) is 10.1 Å². The molecule has 1 fully saturated rings. The van der Waals surface area contributed by atoms with Gasteiger partial charge in [0.1, 0.15) is 0 Å². The molecular weight excluding hydrogens is 129 g/mol. The Morgan fingerprint density at radius 3 is 2.25 bits per heavy atom. The molecule has 1 saturated heterocycles. The minimum absolute atomic E-state index is 0.129. The monoisotopic (exact) mass is 137 g/mol. The van der Waals surface area contributed by atoms with Gasteiger partial charge >= 0.3 is 0 Å². The van der Waals surface area contributed by atoms with E-state index in [1.807, 2.05) is 0 Å². The fourth-order valence-corrected chi connectivity index (χ4v) is 1.53. The number of nitrogens with two attached hydrogens (primary N) is 1. The van der Waals surface area contributed by atoms with Crippen LogP contribution in [0.1, 0.15) is 6.92 Å². The van der Waals surface area contributed by atoms with Crippen molar-refractivity contribution in [2.75, 3.05) is 0 Å². The van der Waals surface area contributed by atoms with Gasteiger partial charge in [-0.1, -0.05) is 0 Å². The molecule has 0 aromatic heterocycles. The van der Waals surface area contributed by atoms with Crippen molar-refractivity contribution in [3.63, 3.8) is 0 Å². The van der Waals surface area contributed by atoms with Gasteiger partial charge in [0.25, 0.3) is 7.52 Å². The van der Waals surface area contributed by atoms with Crippen molar-refractivity contribution in [3.8, 4) is 0 Å². The summed E-state index contributed by atoms with van der Waals surface area (Å²) >= 11 is 0. The average molecular weight is 137 g/mol. The van der Waals surface area contributed by atoms with Crippen LogP contribution in [0.5, 0.6) is 0 Å². The van der Waals surface area contributed by atoms with Crippen LogP contribution < -0.4 is 5.50 Å². The lowest BCUT2D eigenvalue weighted by Gasteiger charge is -1.95. The average Bonchev–Trinajstić information content (AvgIpc) is 2.13. The highest BCUT2D eigenvalue weighted by Gasteiger charge is 2.46. The zero-order valence-electron chi connectivity index (χ0n) is 4.44. The Kier molecular flexibility index (Phi) is 1.20. The third-order valence-corrected chi connectivity index (χ3v) is 2.31. The van der Waals surface area contributed by atoms with Gasteiger partial charge in [-0.15, -0.1) is 0 Å². The van der Waals surface area contributed by atoms with E-state index in [-0.39, 0.29) is 6.10 Å².